The predicted octanol–water partition coefficient (Wildman–Crippen LogP) is 3.05. The van der Waals surface area contributed by atoms with Crippen molar-refractivity contribution in [3.05, 3.63) is 23.8 Å². The SMILES string of the molecule is CCNC(=NCCCc1ccc(OC)c(OCC)c1)NCCCN1CCC(O)CC1.I. The molecule has 1 fully saturated rings. The second-order valence-corrected chi connectivity index (χ2v) is 7.64. The Labute approximate surface area is 205 Å². The van der Waals surface area contributed by atoms with Gasteiger partial charge in [0.1, 0.15) is 0 Å². The van der Waals surface area contributed by atoms with E-state index in [-0.39, 0.29) is 30.1 Å². The molecule has 8 heteroatoms. The number of aliphatic imine (C=N–C) groups is 1. The lowest BCUT2D eigenvalue weighted by atomic mass is 10.1. The molecule has 0 aliphatic carbocycles. The van der Waals surface area contributed by atoms with Crippen LogP contribution in [0.25, 0.3) is 0 Å². The minimum Gasteiger partial charge on any atom is -0.493 e. The van der Waals surface area contributed by atoms with E-state index in [1.54, 1.807) is 7.11 Å². The molecule has 0 spiro atoms. The van der Waals surface area contributed by atoms with Gasteiger partial charge in [0.15, 0.2) is 17.5 Å². The minimum atomic E-state index is -0.101. The Morgan fingerprint density at radius 1 is 1.16 bits per heavy atom. The maximum atomic E-state index is 9.59. The number of hydrogen-bond donors (Lipinski definition) is 3. The molecule has 0 radical (unpaired) electrons. The van der Waals surface area contributed by atoms with Gasteiger partial charge in [-0.3, -0.25) is 4.99 Å². The normalized spacial score (nSPS) is 15.3. The van der Waals surface area contributed by atoms with E-state index in [1.807, 2.05) is 13.0 Å². The van der Waals surface area contributed by atoms with E-state index in [0.29, 0.717) is 6.61 Å². The third-order valence-electron chi connectivity index (χ3n) is 5.27. The van der Waals surface area contributed by atoms with Crippen LogP contribution in [0.5, 0.6) is 11.5 Å². The average Bonchev–Trinajstić information content (AvgIpc) is 2.75. The highest BCUT2D eigenvalue weighted by Gasteiger charge is 2.16. The molecule has 0 unspecified atom stereocenters. The van der Waals surface area contributed by atoms with Crippen LogP contribution in [0.15, 0.2) is 23.2 Å². The predicted molar refractivity (Wildman–Crippen MR) is 138 cm³/mol. The maximum absolute atomic E-state index is 9.59. The molecule has 1 heterocycles. The Hall–Kier alpha value is -1.26. The Balaban J connectivity index is 0.00000480. The first-order chi connectivity index (χ1) is 14.7. The van der Waals surface area contributed by atoms with E-state index in [9.17, 15) is 5.11 Å². The van der Waals surface area contributed by atoms with Crippen LogP contribution in [-0.4, -0.2) is 75.1 Å². The number of nitrogens with one attached hydrogen (secondary N) is 2. The van der Waals surface area contributed by atoms with Crippen molar-refractivity contribution in [3.63, 3.8) is 0 Å². The zero-order valence-electron chi connectivity index (χ0n) is 19.4. The van der Waals surface area contributed by atoms with Crippen LogP contribution in [0, 0.1) is 0 Å². The fourth-order valence-corrected chi connectivity index (χ4v) is 3.61. The number of hydrogen-bond acceptors (Lipinski definition) is 5. The third kappa shape index (κ3) is 10.7. The Morgan fingerprint density at radius 2 is 1.94 bits per heavy atom. The van der Waals surface area contributed by atoms with E-state index < -0.39 is 0 Å². The van der Waals surface area contributed by atoms with Crippen LogP contribution >= 0.6 is 24.0 Å². The monoisotopic (exact) mass is 548 g/mol. The van der Waals surface area contributed by atoms with Crippen LogP contribution in [0.3, 0.4) is 0 Å². The van der Waals surface area contributed by atoms with Gasteiger partial charge in [-0.25, -0.2) is 0 Å². The van der Waals surface area contributed by atoms with Gasteiger partial charge in [0.2, 0.25) is 0 Å². The molecule has 1 saturated heterocycles. The molecule has 0 bridgehead atoms. The largest absolute Gasteiger partial charge is 0.493 e. The zero-order chi connectivity index (χ0) is 21.6. The van der Waals surface area contributed by atoms with Gasteiger partial charge in [0.25, 0.3) is 0 Å². The molecular weight excluding hydrogens is 507 g/mol. The van der Waals surface area contributed by atoms with Crippen molar-refractivity contribution in [1.29, 1.82) is 0 Å². The highest BCUT2D eigenvalue weighted by Crippen LogP contribution is 2.28. The van der Waals surface area contributed by atoms with Gasteiger partial charge >= 0.3 is 0 Å². The number of rotatable bonds is 12. The van der Waals surface area contributed by atoms with Crippen molar-refractivity contribution in [2.75, 3.05) is 53.0 Å². The van der Waals surface area contributed by atoms with Gasteiger partial charge in [0, 0.05) is 32.7 Å². The van der Waals surface area contributed by atoms with Crippen LogP contribution in [-0.2, 0) is 6.42 Å². The van der Waals surface area contributed by atoms with Crippen molar-refractivity contribution in [3.8, 4) is 11.5 Å². The molecule has 178 valence electrons. The average molecular weight is 549 g/mol. The lowest BCUT2D eigenvalue weighted by Crippen LogP contribution is -2.40. The molecule has 0 amide bonds. The summed E-state index contributed by atoms with van der Waals surface area (Å²) in [5.74, 6) is 2.47. The number of nitrogens with zero attached hydrogens (tertiary/aromatic N) is 2. The summed E-state index contributed by atoms with van der Waals surface area (Å²) in [5, 5.41) is 16.3. The fraction of sp³-hybridized carbons (Fsp3) is 0.696. The molecule has 0 atom stereocenters. The molecule has 31 heavy (non-hydrogen) atoms. The van der Waals surface area contributed by atoms with E-state index in [2.05, 4.69) is 34.6 Å². The molecule has 1 aliphatic rings. The van der Waals surface area contributed by atoms with E-state index in [4.69, 9.17) is 14.5 Å². The third-order valence-corrected chi connectivity index (χ3v) is 5.27. The fourth-order valence-electron chi connectivity index (χ4n) is 3.61. The number of ether oxygens (including phenoxy) is 2. The molecule has 0 aromatic heterocycles. The van der Waals surface area contributed by atoms with Crippen LogP contribution in [0.4, 0.5) is 0 Å². The van der Waals surface area contributed by atoms with Crippen molar-refractivity contribution < 1.29 is 14.6 Å². The Kier molecular flexibility index (Phi) is 14.7. The zero-order valence-corrected chi connectivity index (χ0v) is 21.7. The van der Waals surface area contributed by atoms with Crippen molar-refractivity contribution in [1.82, 2.24) is 15.5 Å². The van der Waals surface area contributed by atoms with E-state index in [1.165, 1.54) is 5.56 Å². The summed E-state index contributed by atoms with van der Waals surface area (Å²) < 4.78 is 11.0. The van der Waals surface area contributed by atoms with Gasteiger partial charge in [-0.15, -0.1) is 24.0 Å². The minimum absolute atomic E-state index is 0. The Bertz CT molecular complexity index is 637. The smallest absolute Gasteiger partial charge is 0.191 e. The van der Waals surface area contributed by atoms with Crippen molar-refractivity contribution in [2.24, 2.45) is 4.99 Å². The number of benzene rings is 1. The maximum Gasteiger partial charge on any atom is 0.191 e. The first-order valence-corrected chi connectivity index (χ1v) is 11.4. The van der Waals surface area contributed by atoms with Gasteiger partial charge in [-0.05, 0) is 70.2 Å². The van der Waals surface area contributed by atoms with Crippen LogP contribution < -0.4 is 20.1 Å². The molecular formula is C23H41IN4O3. The van der Waals surface area contributed by atoms with E-state index >= 15 is 0 Å². The highest BCUT2D eigenvalue weighted by atomic mass is 127. The molecule has 0 saturated carbocycles. The summed E-state index contributed by atoms with van der Waals surface area (Å²) in [7, 11) is 1.67. The van der Waals surface area contributed by atoms with Gasteiger partial charge < -0.3 is 30.1 Å². The molecule has 1 aliphatic heterocycles. The number of aliphatic hydroxyl groups excluding tert-OH is 1. The number of methoxy groups -OCH3 is 1. The number of piperidine rings is 1. The summed E-state index contributed by atoms with van der Waals surface area (Å²) in [6, 6.07) is 6.13. The lowest BCUT2D eigenvalue weighted by molar-refractivity contribution is 0.0823. The first-order valence-electron chi connectivity index (χ1n) is 11.4. The summed E-state index contributed by atoms with van der Waals surface area (Å²) >= 11 is 0. The number of aliphatic hydroxyl groups is 1. The standard InChI is InChI=1S/C23H40N4O3.HI/c1-4-24-23(26-14-7-15-27-16-11-20(28)12-17-27)25-13-6-8-19-9-10-21(29-3)22(18-19)30-5-2;/h9-10,18,20,28H,4-8,11-17H2,1-3H3,(H2,24,25,26);1H. The van der Waals surface area contributed by atoms with Gasteiger partial charge in [-0.1, -0.05) is 6.07 Å². The molecule has 1 aromatic carbocycles. The van der Waals surface area contributed by atoms with E-state index in [0.717, 1.165) is 88.8 Å². The number of aryl methyl sites for hydroxylation is 1. The summed E-state index contributed by atoms with van der Waals surface area (Å²) in [6.45, 7) is 10.3. The lowest BCUT2D eigenvalue weighted by Gasteiger charge is -2.29. The molecule has 2 rings (SSSR count). The first kappa shape index (κ1) is 27.8. The quantitative estimate of drug-likeness (QED) is 0.161. The molecule has 7 nitrogen and oxygen atoms in total. The van der Waals surface area contributed by atoms with Crippen molar-refractivity contribution >= 4 is 29.9 Å². The molecule has 1 aromatic rings. The number of likely N-dealkylation sites (tertiary alicyclic amines) is 1. The second kappa shape index (κ2) is 16.4. The second-order valence-electron chi connectivity index (χ2n) is 7.64. The summed E-state index contributed by atoms with van der Waals surface area (Å²) in [5.41, 5.74) is 1.24. The number of halogens is 1. The van der Waals surface area contributed by atoms with Gasteiger partial charge in [-0.2, -0.15) is 0 Å². The Morgan fingerprint density at radius 3 is 2.61 bits per heavy atom. The van der Waals surface area contributed by atoms with Crippen LogP contribution in [0.2, 0.25) is 0 Å². The van der Waals surface area contributed by atoms with Crippen molar-refractivity contribution in [2.45, 2.75) is 52.1 Å². The summed E-state index contributed by atoms with van der Waals surface area (Å²) in [4.78, 5) is 7.14. The van der Waals surface area contributed by atoms with Gasteiger partial charge in [0.05, 0.1) is 19.8 Å². The molecule has 3 N–H and O–H groups in total. The summed E-state index contributed by atoms with van der Waals surface area (Å²) in [6.07, 6.45) is 4.70. The number of guanidine groups is 1. The topological polar surface area (TPSA) is 78.4 Å². The van der Waals surface area contributed by atoms with Crippen LogP contribution in [0.1, 0.15) is 45.1 Å². The highest BCUT2D eigenvalue weighted by molar-refractivity contribution is 14.0.